The van der Waals surface area contributed by atoms with Crippen molar-refractivity contribution in [1.29, 1.82) is 0 Å². The first kappa shape index (κ1) is 48.0. The topological polar surface area (TPSA) is 201 Å². The van der Waals surface area contributed by atoms with Gasteiger partial charge in [0.2, 0.25) is 0 Å². The van der Waals surface area contributed by atoms with Crippen molar-refractivity contribution < 1.29 is 53.3 Å². The number of aldehydes is 1. The monoisotopic (exact) mass is 828 g/mol. The second-order valence-electron chi connectivity index (χ2n) is 14.9. The van der Waals surface area contributed by atoms with Gasteiger partial charge in [-0.2, -0.15) is 0 Å². The lowest BCUT2D eigenvalue weighted by Crippen LogP contribution is -2.45. The number of phenols is 2. The number of aromatic hydroxyl groups is 2. The molecular weight excluding hydrogens is 767 g/mol. The lowest BCUT2D eigenvalue weighted by atomic mass is 9.90. The van der Waals surface area contributed by atoms with E-state index in [1.165, 1.54) is 11.6 Å². The standard InChI is InChI=1S/C42H61N4O11P/c1-8-44(28-39(49)50)16-18-46(27-34-11-9-13-37(48)41(34)51)19-17-45(20-21-47)15-14-43(7)36(42(52)53)12-10-22-56-58(54,55)57-38-26-30(3)35(25-31(38)4)40-32(5)23-29(2)24-33(40)6/h9,11,13,21,23-26,36,48,51H,8,10,12,14-20,22,27-28H2,1-7H3,(H,49,50)(H,52,53)(H,54,55)/t36-/m1/s1. The van der Waals surface area contributed by atoms with Gasteiger partial charge < -0.3 is 29.7 Å². The molecular formula is C42H61N4O11P. The number of benzene rings is 3. The normalized spacial score (nSPS) is 13.3. The van der Waals surface area contributed by atoms with Gasteiger partial charge in [0.15, 0.2) is 11.5 Å². The Morgan fingerprint density at radius 2 is 1.47 bits per heavy atom. The predicted octanol–water partition coefficient (Wildman–Crippen LogP) is 5.38. The number of carboxylic acids is 2. The lowest BCUT2D eigenvalue weighted by molar-refractivity contribution is -0.143. The summed E-state index contributed by atoms with van der Waals surface area (Å²) < 4.78 is 23.7. The largest absolute Gasteiger partial charge is 0.527 e. The number of carbonyl (C=O) groups excluding carboxylic acids is 1. The molecule has 2 atom stereocenters. The molecule has 0 aliphatic heterocycles. The van der Waals surface area contributed by atoms with Gasteiger partial charge in [-0.15, -0.1) is 0 Å². The van der Waals surface area contributed by atoms with Crippen LogP contribution in [0, 0.1) is 34.6 Å². The molecule has 0 spiro atoms. The number of phosphoric ester groups is 1. The number of phenolic OH excluding ortho intramolecular Hbond substituents is 2. The van der Waals surface area contributed by atoms with E-state index in [0.717, 1.165) is 34.1 Å². The van der Waals surface area contributed by atoms with Crippen LogP contribution in [0.4, 0.5) is 0 Å². The minimum Gasteiger partial charge on any atom is -0.504 e. The molecule has 5 N–H and O–H groups in total. The Morgan fingerprint density at radius 3 is 2.07 bits per heavy atom. The lowest BCUT2D eigenvalue weighted by Gasteiger charge is -2.31. The van der Waals surface area contributed by atoms with Crippen molar-refractivity contribution in [3.05, 3.63) is 75.8 Å². The van der Waals surface area contributed by atoms with Crippen LogP contribution in [0.3, 0.4) is 0 Å². The van der Waals surface area contributed by atoms with E-state index in [1.807, 2.05) is 29.7 Å². The molecule has 15 nitrogen and oxygen atoms in total. The molecule has 1 unspecified atom stereocenters. The van der Waals surface area contributed by atoms with Crippen molar-refractivity contribution in [2.75, 3.05) is 72.6 Å². The van der Waals surface area contributed by atoms with Crippen molar-refractivity contribution in [3.63, 3.8) is 0 Å². The molecule has 0 aliphatic carbocycles. The average Bonchev–Trinajstić information content (AvgIpc) is 3.13. The summed E-state index contributed by atoms with van der Waals surface area (Å²) in [5.41, 5.74) is 7.57. The number of carboxylic acid groups (broad SMARTS) is 2. The summed E-state index contributed by atoms with van der Waals surface area (Å²) in [6.07, 6.45) is 1.04. The van der Waals surface area contributed by atoms with Crippen molar-refractivity contribution in [3.8, 4) is 28.4 Å². The Kier molecular flexibility index (Phi) is 18.8. The van der Waals surface area contributed by atoms with E-state index in [2.05, 4.69) is 32.9 Å². The number of rotatable bonds is 26. The number of likely N-dealkylation sites (N-methyl/N-ethyl adjacent to an activating group) is 2. The molecule has 0 saturated heterocycles. The molecule has 0 bridgehead atoms. The third-order valence-electron chi connectivity index (χ3n) is 10.2. The van der Waals surface area contributed by atoms with Crippen LogP contribution in [-0.4, -0.2) is 142 Å². The Bertz CT molecular complexity index is 1890. The fourth-order valence-corrected chi connectivity index (χ4v) is 7.94. The fraction of sp³-hybridized carbons (Fsp3) is 0.500. The van der Waals surface area contributed by atoms with Crippen LogP contribution in [0.15, 0.2) is 42.5 Å². The maximum absolute atomic E-state index is 13.0. The first-order chi connectivity index (χ1) is 27.3. The third-order valence-corrected chi connectivity index (χ3v) is 11.2. The van der Waals surface area contributed by atoms with Crippen LogP contribution in [0.2, 0.25) is 0 Å². The number of hydrogen-bond donors (Lipinski definition) is 5. The van der Waals surface area contributed by atoms with E-state index >= 15 is 0 Å². The summed E-state index contributed by atoms with van der Waals surface area (Å²) in [4.78, 5) is 53.1. The number of hydrogen-bond acceptors (Lipinski definition) is 12. The zero-order valence-electron chi connectivity index (χ0n) is 34.8. The van der Waals surface area contributed by atoms with Gasteiger partial charge in [0, 0.05) is 51.4 Å². The van der Waals surface area contributed by atoms with Crippen LogP contribution in [-0.2, 0) is 30.0 Å². The molecule has 3 rings (SSSR count). The predicted molar refractivity (Wildman–Crippen MR) is 223 cm³/mol. The second kappa shape index (κ2) is 22.7. The molecule has 3 aromatic rings. The molecule has 16 heteroatoms. The Labute approximate surface area is 342 Å². The van der Waals surface area contributed by atoms with E-state index < -0.39 is 25.8 Å². The van der Waals surface area contributed by atoms with Gasteiger partial charge in [0.25, 0.3) is 0 Å². The minimum atomic E-state index is -4.54. The second-order valence-corrected chi connectivity index (χ2v) is 16.2. The number of nitrogens with zero attached hydrogens (tertiary/aromatic N) is 4. The summed E-state index contributed by atoms with van der Waals surface area (Å²) in [5.74, 6) is -2.29. The van der Waals surface area contributed by atoms with Crippen molar-refractivity contribution in [2.45, 2.75) is 67.0 Å². The highest BCUT2D eigenvalue weighted by molar-refractivity contribution is 7.47. The molecule has 0 amide bonds. The molecule has 0 radical (unpaired) electrons. The zero-order chi connectivity index (χ0) is 43.2. The summed E-state index contributed by atoms with van der Waals surface area (Å²) >= 11 is 0. The molecule has 0 fully saturated rings. The number of para-hydroxylation sites is 1. The highest BCUT2D eigenvalue weighted by Gasteiger charge is 2.27. The number of aryl methyl sites for hydroxylation is 5. The van der Waals surface area contributed by atoms with Gasteiger partial charge in [-0.1, -0.05) is 36.8 Å². The molecule has 0 aliphatic rings. The van der Waals surface area contributed by atoms with Gasteiger partial charge >= 0.3 is 19.8 Å². The SMILES string of the molecule is CCN(CCN(CCN(CC=O)CCN(C)[C@H](CCCOP(=O)(O)Oc1cc(C)c(-c2c(C)cc(C)cc2C)cc1C)C(=O)O)Cc1cccc(O)c1O)CC(=O)O. The molecule has 3 aromatic carbocycles. The van der Waals surface area contributed by atoms with Gasteiger partial charge in [-0.3, -0.25) is 38.6 Å². The average molecular weight is 829 g/mol. The van der Waals surface area contributed by atoms with Crippen LogP contribution < -0.4 is 4.52 Å². The molecule has 0 saturated carbocycles. The Hall–Kier alpha value is -4.34. The fourth-order valence-electron chi connectivity index (χ4n) is 7.08. The van der Waals surface area contributed by atoms with Gasteiger partial charge in [0.05, 0.1) is 19.7 Å². The quantitative estimate of drug-likeness (QED) is 0.0299. The maximum Gasteiger partial charge on any atom is 0.527 e. The maximum atomic E-state index is 13.0. The van der Waals surface area contributed by atoms with E-state index in [0.29, 0.717) is 56.9 Å². The number of phosphoric acid groups is 1. The van der Waals surface area contributed by atoms with Crippen molar-refractivity contribution in [2.24, 2.45) is 0 Å². The summed E-state index contributed by atoms with van der Waals surface area (Å²) in [6.45, 7) is 14.6. The third kappa shape index (κ3) is 14.8. The highest BCUT2D eigenvalue weighted by Crippen LogP contribution is 2.46. The van der Waals surface area contributed by atoms with Crippen LogP contribution >= 0.6 is 7.82 Å². The van der Waals surface area contributed by atoms with Crippen molar-refractivity contribution >= 4 is 26.0 Å². The summed E-state index contributed by atoms with van der Waals surface area (Å²) in [5, 5.41) is 39.8. The molecule has 0 aromatic heterocycles. The summed E-state index contributed by atoms with van der Waals surface area (Å²) in [6, 6.07) is 11.6. The zero-order valence-corrected chi connectivity index (χ0v) is 35.7. The van der Waals surface area contributed by atoms with Gasteiger partial charge in [-0.05, 0) is 113 Å². The first-order valence-electron chi connectivity index (χ1n) is 19.5. The number of carbonyl (C=O) groups is 3. The van der Waals surface area contributed by atoms with Crippen molar-refractivity contribution in [1.82, 2.24) is 19.6 Å². The van der Waals surface area contributed by atoms with Crippen LogP contribution in [0.5, 0.6) is 17.2 Å². The Morgan fingerprint density at radius 1 is 0.845 bits per heavy atom. The van der Waals surface area contributed by atoms with E-state index in [4.69, 9.17) is 9.05 Å². The van der Waals surface area contributed by atoms with E-state index in [1.54, 1.807) is 42.0 Å². The minimum absolute atomic E-state index is 0.0868. The molecule has 320 valence electrons. The van der Waals surface area contributed by atoms with Gasteiger partial charge in [0.1, 0.15) is 18.1 Å². The van der Waals surface area contributed by atoms with Gasteiger partial charge in [-0.25, -0.2) is 4.57 Å². The molecule has 58 heavy (non-hydrogen) atoms. The van der Waals surface area contributed by atoms with Crippen LogP contribution in [0.25, 0.3) is 11.1 Å². The smallest absolute Gasteiger partial charge is 0.504 e. The highest BCUT2D eigenvalue weighted by atomic mass is 31.2. The number of aliphatic carboxylic acids is 2. The molecule has 0 heterocycles. The Balaban J connectivity index is 1.57. The summed E-state index contributed by atoms with van der Waals surface area (Å²) in [7, 11) is -2.88. The van der Waals surface area contributed by atoms with E-state index in [-0.39, 0.29) is 56.3 Å². The first-order valence-corrected chi connectivity index (χ1v) is 21.0. The van der Waals surface area contributed by atoms with Crippen LogP contribution in [0.1, 0.15) is 53.1 Å². The van der Waals surface area contributed by atoms with E-state index in [9.17, 15) is 44.3 Å².